The molecule has 2 aromatic carbocycles. The number of rotatable bonds is 4. The molecule has 2 aromatic rings. The molecule has 0 aromatic heterocycles. The number of halogens is 3. The Balaban J connectivity index is 2.14. The summed E-state index contributed by atoms with van der Waals surface area (Å²) in [5.74, 6) is -0.358. The maximum absolute atomic E-state index is 13.3. The van der Waals surface area contributed by atoms with Gasteiger partial charge in [0.25, 0.3) is 5.69 Å². The van der Waals surface area contributed by atoms with Crippen LogP contribution in [-0.2, 0) is 6.42 Å². The van der Waals surface area contributed by atoms with E-state index in [-0.39, 0.29) is 11.5 Å². The van der Waals surface area contributed by atoms with E-state index >= 15 is 0 Å². The monoisotopic (exact) mass is 357 g/mol. The quantitative estimate of drug-likeness (QED) is 0.437. The second kappa shape index (κ2) is 6.33. The molecule has 6 heteroatoms. The van der Waals surface area contributed by atoms with Crippen molar-refractivity contribution in [1.82, 2.24) is 0 Å². The fraction of sp³-hybridized carbons (Fsp3) is 0.143. The normalized spacial score (nSPS) is 12.2. The van der Waals surface area contributed by atoms with E-state index in [0.29, 0.717) is 16.5 Å². The van der Waals surface area contributed by atoms with E-state index in [0.717, 1.165) is 5.56 Å². The van der Waals surface area contributed by atoms with Crippen LogP contribution in [0.3, 0.4) is 0 Å². The largest absolute Gasteiger partial charge is 0.269 e. The Bertz CT molecular complexity index is 613. The van der Waals surface area contributed by atoms with Gasteiger partial charge in [-0.15, -0.1) is 11.6 Å². The smallest absolute Gasteiger partial charge is 0.258 e. The first-order chi connectivity index (χ1) is 9.45. The van der Waals surface area contributed by atoms with Gasteiger partial charge < -0.3 is 0 Å². The summed E-state index contributed by atoms with van der Waals surface area (Å²) >= 11 is 9.48. The zero-order valence-corrected chi connectivity index (χ0v) is 12.6. The molecule has 0 aliphatic heterocycles. The lowest BCUT2D eigenvalue weighted by molar-refractivity contribution is -0.384. The summed E-state index contributed by atoms with van der Waals surface area (Å²) in [6.07, 6.45) is 0.468. The SMILES string of the molecule is O=[N+]([O-])c1ccc(CC(Cl)c2cc(F)cc(Br)c2)cc1. The van der Waals surface area contributed by atoms with E-state index in [2.05, 4.69) is 15.9 Å². The summed E-state index contributed by atoms with van der Waals surface area (Å²) in [4.78, 5) is 10.1. The molecule has 0 fully saturated rings. The van der Waals surface area contributed by atoms with E-state index < -0.39 is 10.3 Å². The molecular weight excluding hydrogens is 349 g/mol. The number of alkyl halides is 1. The fourth-order valence-corrected chi connectivity index (χ4v) is 2.62. The van der Waals surface area contributed by atoms with Crippen LogP contribution in [-0.4, -0.2) is 4.92 Å². The van der Waals surface area contributed by atoms with Crippen LogP contribution in [0.1, 0.15) is 16.5 Å². The third kappa shape index (κ3) is 3.77. The van der Waals surface area contributed by atoms with Crippen LogP contribution < -0.4 is 0 Å². The maximum atomic E-state index is 13.3. The van der Waals surface area contributed by atoms with Gasteiger partial charge in [0.05, 0.1) is 10.3 Å². The second-order valence-corrected chi connectivity index (χ2v) is 5.74. The molecule has 0 heterocycles. The van der Waals surface area contributed by atoms with Gasteiger partial charge in [-0.2, -0.15) is 0 Å². The van der Waals surface area contributed by atoms with Gasteiger partial charge in [-0.05, 0) is 35.7 Å². The van der Waals surface area contributed by atoms with E-state index in [1.54, 1.807) is 18.2 Å². The highest BCUT2D eigenvalue weighted by Gasteiger charge is 2.12. The topological polar surface area (TPSA) is 43.1 Å². The predicted octanol–water partition coefficient (Wildman–Crippen LogP) is 5.02. The molecule has 1 atom stereocenters. The highest BCUT2D eigenvalue weighted by Crippen LogP contribution is 2.28. The summed E-state index contributed by atoms with van der Waals surface area (Å²) in [6.45, 7) is 0. The minimum absolute atomic E-state index is 0.0355. The van der Waals surface area contributed by atoms with Crippen LogP contribution in [0, 0.1) is 15.9 Å². The lowest BCUT2D eigenvalue weighted by Crippen LogP contribution is -1.97. The van der Waals surface area contributed by atoms with E-state index in [1.165, 1.54) is 24.3 Å². The molecule has 0 radical (unpaired) electrons. The Labute approximate surface area is 128 Å². The summed E-state index contributed by atoms with van der Waals surface area (Å²) in [7, 11) is 0. The van der Waals surface area contributed by atoms with Crippen LogP contribution in [0.15, 0.2) is 46.9 Å². The van der Waals surface area contributed by atoms with Gasteiger partial charge in [0, 0.05) is 16.6 Å². The van der Waals surface area contributed by atoms with Crippen molar-refractivity contribution in [3.05, 3.63) is 74.0 Å². The molecule has 0 N–H and O–H groups in total. The minimum atomic E-state index is -0.453. The fourth-order valence-electron chi connectivity index (χ4n) is 1.83. The van der Waals surface area contributed by atoms with Crippen molar-refractivity contribution < 1.29 is 9.31 Å². The Morgan fingerprint density at radius 3 is 2.45 bits per heavy atom. The number of nitrogens with zero attached hydrogens (tertiary/aromatic N) is 1. The van der Waals surface area contributed by atoms with Crippen molar-refractivity contribution in [2.75, 3.05) is 0 Å². The molecule has 0 bridgehead atoms. The molecule has 0 aliphatic rings. The minimum Gasteiger partial charge on any atom is -0.258 e. The summed E-state index contributed by atoms with van der Waals surface area (Å²) in [5.41, 5.74) is 1.56. The zero-order chi connectivity index (χ0) is 14.7. The van der Waals surface area contributed by atoms with Gasteiger partial charge in [0.15, 0.2) is 0 Å². The molecule has 0 aliphatic carbocycles. The predicted molar refractivity (Wildman–Crippen MR) is 79.5 cm³/mol. The summed E-state index contributed by atoms with van der Waals surface area (Å²) in [5, 5.41) is 10.2. The third-order valence-electron chi connectivity index (χ3n) is 2.81. The van der Waals surface area contributed by atoms with E-state index in [4.69, 9.17) is 11.6 Å². The first-order valence-corrected chi connectivity index (χ1v) is 7.02. The van der Waals surface area contributed by atoms with Crippen molar-refractivity contribution in [1.29, 1.82) is 0 Å². The van der Waals surface area contributed by atoms with Crippen molar-refractivity contribution in [2.45, 2.75) is 11.8 Å². The summed E-state index contributed by atoms with van der Waals surface area (Å²) in [6, 6.07) is 10.7. The Hall–Kier alpha value is -1.46. The second-order valence-electron chi connectivity index (χ2n) is 4.30. The average molecular weight is 359 g/mol. The van der Waals surface area contributed by atoms with Crippen LogP contribution in [0.5, 0.6) is 0 Å². The lowest BCUT2D eigenvalue weighted by Gasteiger charge is -2.10. The number of benzene rings is 2. The Morgan fingerprint density at radius 2 is 1.90 bits per heavy atom. The van der Waals surface area contributed by atoms with Crippen LogP contribution in [0.25, 0.3) is 0 Å². The highest BCUT2D eigenvalue weighted by molar-refractivity contribution is 9.10. The molecule has 3 nitrogen and oxygen atoms in total. The lowest BCUT2D eigenvalue weighted by atomic mass is 10.0. The van der Waals surface area contributed by atoms with Gasteiger partial charge in [0.2, 0.25) is 0 Å². The molecule has 0 spiro atoms. The third-order valence-corrected chi connectivity index (χ3v) is 3.67. The number of nitro groups is 1. The van der Waals surface area contributed by atoms with Gasteiger partial charge in [-0.25, -0.2) is 4.39 Å². The number of nitro benzene ring substituents is 1. The molecule has 104 valence electrons. The van der Waals surface area contributed by atoms with Crippen molar-refractivity contribution >= 4 is 33.2 Å². The Morgan fingerprint density at radius 1 is 1.25 bits per heavy atom. The molecule has 20 heavy (non-hydrogen) atoms. The molecular formula is C14H10BrClFNO2. The molecule has 0 saturated carbocycles. The maximum Gasteiger partial charge on any atom is 0.269 e. The van der Waals surface area contributed by atoms with Crippen LogP contribution in [0.4, 0.5) is 10.1 Å². The Kier molecular flexibility index (Phi) is 4.73. The van der Waals surface area contributed by atoms with Gasteiger partial charge in [-0.1, -0.05) is 28.1 Å². The number of hydrogen-bond acceptors (Lipinski definition) is 2. The van der Waals surface area contributed by atoms with Crippen LogP contribution >= 0.6 is 27.5 Å². The number of non-ortho nitro benzene ring substituents is 1. The molecule has 0 amide bonds. The zero-order valence-electron chi connectivity index (χ0n) is 10.2. The van der Waals surface area contributed by atoms with Crippen molar-refractivity contribution in [3.63, 3.8) is 0 Å². The van der Waals surface area contributed by atoms with Crippen molar-refractivity contribution in [2.24, 2.45) is 0 Å². The van der Waals surface area contributed by atoms with E-state index in [9.17, 15) is 14.5 Å². The van der Waals surface area contributed by atoms with Gasteiger partial charge in [0.1, 0.15) is 5.82 Å². The van der Waals surface area contributed by atoms with Crippen molar-refractivity contribution in [3.8, 4) is 0 Å². The van der Waals surface area contributed by atoms with Crippen LogP contribution in [0.2, 0.25) is 0 Å². The number of hydrogen-bond donors (Lipinski definition) is 0. The standard InChI is InChI=1S/C14H10BrClFNO2/c15-11-6-10(7-12(17)8-11)14(16)5-9-1-3-13(4-2-9)18(19)20/h1-4,6-8,14H,5H2. The van der Waals surface area contributed by atoms with Gasteiger partial charge in [-0.3, -0.25) is 10.1 Å². The molecule has 2 rings (SSSR count). The first-order valence-electron chi connectivity index (χ1n) is 5.79. The van der Waals surface area contributed by atoms with Gasteiger partial charge >= 0.3 is 0 Å². The molecule has 0 saturated heterocycles. The highest BCUT2D eigenvalue weighted by atomic mass is 79.9. The molecule has 1 unspecified atom stereocenters. The first kappa shape index (κ1) is 14.9. The summed E-state index contributed by atoms with van der Waals surface area (Å²) < 4.78 is 13.9. The average Bonchev–Trinajstić information content (AvgIpc) is 2.38. The van der Waals surface area contributed by atoms with E-state index in [1.807, 2.05) is 0 Å².